The number of unbranched alkanes of at least 4 members (excludes halogenated alkanes) is 41. The third-order valence-corrected chi connectivity index (χ3v) is 14.3. The molecule has 0 aliphatic heterocycles. The van der Waals surface area contributed by atoms with E-state index in [0.717, 1.165) is 64.2 Å². The minimum atomic E-state index is -0.855. The van der Waals surface area contributed by atoms with E-state index in [1.54, 1.807) is 6.08 Å². The highest BCUT2D eigenvalue weighted by Crippen LogP contribution is 2.17. The van der Waals surface area contributed by atoms with Crippen molar-refractivity contribution >= 4 is 11.9 Å². The van der Waals surface area contributed by atoms with Gasteiger partial charge in [-0.1, -0.05) is 281 Å². The number of carbonyl (C=O) groups is 2. The molecule has 0 fully saturated rings. The van der Waals surface area contributed by atoms with Crippen LogP contribution in [-0.2, 0) is 14.3 Å². The molecule has 0 rings (SSSR count). The Morgan fingerprint density at radius 2 is 0.718 bits per heavy atom. The molecule has 0 spiro atoms. The predicted octanol–water partition coefficient (Wildman–Crippen LogP) is 19.7. The average molecular weight is 997 g/mol. The molecular formula is C65H121NO5. The van der Waals surface area contributed by atoms with Gasteiger partial charge in [0.2, 0.25) is 5.91 Å². The highest BCUT2D eigenvalue weighted by atomic mass is 16.5. The summed E-state index contributed by atoms with van der Waals surface area (Å²) in [5, 5.41) is 23.2. The van der Waals surface area contributed by atoms with Crippen molar-refractivity contribution in [3.05, 3.63) is 48.6 Å². The van der Waals surface area contributed by atoms with Gasteiger partial charge in [-0.3, -0.25) is 9.59 Å². The molecule has 6 nitrogen and oxygen atoms in total. The summed E-state index contributed by atoms with van der Waals surface area (Å²) < 4.78 is 5.46. The lowest BCUT2D eigenvalue weighted by Crippen LogP contribution is -2.45. The van der Waals surface area contributed by atoms with Gasteiger partial charge >= 0.3 is 5.97 Å². The van der Waals surface area contributed by atoms with Crippen LogP contribution >= 0.6 is 0 Å². The molecule has 0 aliphatic carbocycles. The van der Waals surface area contributed by atoms with Gasteiger partial charge in [-0.25, -0.2) is 0 Å². The van der Waals surface area contributed by atoms with Crippen molar-refractivity contribution in [1.82, 2.24) is 5.32 Å². The average Bonchev–Trinajstić information content (AvgIpc) is 3.37. The second-order valence-corrected chi connectivity index (χ2v) is 21.4. The largest absolute Gasteiger partial charge is 0.466 e. The van der Waals surface area contributed by atoms with Gasteiger partial charge in [-0.2, -0.15) is 0 Å². The lowest BCUT2D eigenvalue weighted by Gasteiger charge is -2.20. The van der Waals surface area contributed by atoms with Gasteiger partial charge in [0.15, 0.2) is 0 Å². The van der Waals surface area contributed by atoms with Crippen molar-refractivity contribution in [3.8, 4) is 0 Å². The minimum absolute atomic E-state index is 0.0174. The van der Waals surface area contributed by atoms with E-state index in [4.69, 9.17) is 4.74 Å². The lowest BCUT2D eigenvalue weighted by molar-refractivity contribution is -0.143. The van der Waals surface area contributed by atoms with Gasteiger partial charge in [0.25, 0.3) is 0 Å². The first-order chi connectivity index (χ1) is 35.0. The van der Waals surface area contributed by atoms with E-state index in [-0.39, 0.29) is 18.5 Å². The van der Waals surface area contributed by atoms with E-state index in [1.165, 1.54) is 238 Å². The quantitative estimate of drug-likeness (QED) is 0.0321. The summed E-state index contributed by atoms with van der Waals surface area (Å²) in [7, 11) is 0. The molecule has 71 heavy (non-hydrogen) atoms. The molecule has 0 heterocycles. The fourth-order valence-corrected chi connectivity index (χ4v) is 9.47. The van der Waals surface area contributed by atoms with Crippen LogP contribution in [0.15, 0.2) is 48.6 Å². The Morgan fingerprint density at radius 3 is 1.13 bits per heavy atom. The van der Waals surface area contributed by atoms with Gasteiger partial charge in [-0.05, 0) is 83.5 Å². The number of aliphatic hydroxyl groups is 2. The van der Waals surface area contributed by atoms with Crippen molar-refractivity contribution in [2.45, 2.75) is 341 Å². The van der Waals surface area contributed by atoms with Crippen molar-refractivity contribution in [3.63, 3.8) is 0 Å². The first kappa shape index (κ1) is 68.8. The monoisotopic (exact) mass is 996 g/mol. The van der Waals surface area contributed by atoms with Crippen molar-refractivity contribution < 1.29 is 24.5 Å². The van der Waals surface area contributed by atoms with Crippen LogP contribution in [0.25, 0.3) is 0 Å². The summed E-state index contributed by atoms with van der Waals surface area (Å²) in [6.45, 7) is 4.85. The topological polar surface area (TPSA) is 95.9 Å². The molecule has 0 aliphatic rings. The number of rotatable bonds is 58. The van der Waals surface area contributed by atoms with Crippen LogP contribution in [0.3, 0.4) is 0 Å². The van der Waals surface area contributed by atoms with Gasteiger partial charge < -0.3 is 20.3 Å². The molecule has 0 aromatic heterocycles. The van der Waals surface area contributed by atoms with E-state index in [9.17, 15) is 19.8 Å². The van der Waals surface area contributed by atoms with Crippen LogP contribution in [0.1, 0.15) is 328 Å². The molecule has 0 saturated carbocycles. The van der Waals surface area contributed by atoms with Crippen LogP contribution < -0.4 is 5.32 Å². The van der Waals surface area contributed by atoms with Gasteiger partial charge in [0, 0.05) is 12.8 Å². The van der Waals surface area contributed by atoms with Crippen molar-refractivity contribution in [2.24, 2.45) is 0 Å². The standard InChI is InChI=1S/C65H121NO5/c1-3-5-7-9-11-13-15-17-19-20-21-22-23-24-25-27-30-33-37-41-45-49-53-57-63(68)62(61-67)66-64(69)58-54-50-46-42-38-34-31-28-26-29-32-36-40-44-48-52-56-60-71-65(70)59-55-51-47-43-39-35-18-16-14-12-10-8-6-4-2/h10,12,16,18,26,29,53,57,62-63,67-68H,3-9,11,13-15,17,19-25,27-28,30-52,54-56,58-61H2,1-2H3,(H,66,69)/b12-10-,18-16-,29-26-,57-53+. The first-order valence-corrected chi connectivity index (χ1v) is 31.4. The summed E-state index contributed by atoms with van der Waals surface area (Å²) in [6, 6.07) is -0.639. The van der Waals surface area contributed by atoms with Crippen LogP contribution in [0.2, 0.25) is 0 Å². The van der Waals surface area contributed by atoms with Gasteiger partial charge in [0.05, 0.1) is 25.4 Å². The zero-order chi connectivity index (χ0) is 51.4. The van der Waals surface area contributed by atoms with Crippen LogP contribution in [-0.4, -0.2) is 47.4 Å². The molecule has 0 bridgehead atoms. The number of amides is 1. The second-order valence-electron chi connectivity index (χ2n) is 21.4. The molecule has 0 aromatic rings. The van der Waals surface area contributed by atoms with E-state index < -0.39 is 12.1 Å². The fraction of sp³-hybridized carbons (Fsp3) is 0.846. The van der Waals surface area contributed by atoms with Crippen LogP contribution in [0.5, 0.6) is 0 Å². The van der Waals surface area contributed by atoms with E-state index in [1.807, 2.05) is 6.08 Å². The van der Waals surface area contributed by atoms with Gasteiger partial charge in [0.1, 0.15) is 0 Å². The van der Waals surface area contributed by atoms with Crippen LogP contribution in [0, 0.1) is 0 Å². The Bertz CT molecular complexity index is 1190. The number of esters is 1. The number of nitrogens with one attached hydrogen (secondary N) is 1. The highest BCUT2D eigenvalue weighted by molar-refractivity contribution is 5.76. The molecular weight excluding hydrogens is 875 g/mol. The third-order valence-electron chi connectivity index (χ3n) is 14.3. The number of allylic oxidation sites excluding steroid dienone is 7. The molecule has 0 saturated heterocycles. The fourth-order valence-electron chi connectivity index (χ4n) is 9.47. The molecule has 6 heteroatoms. The maximum Gasteiger partial charge on any atom is 0.305 e. The summed E-state index contributed by atoms with van der Waals surface area (Å²) in [5.74, 6) is -0.0957. The zero-order valence-corrected chi connectivity index (χ0v) is 47.5. The summed E-state index contributed by atoms with van der Waals surface area (Å²) in [4.78, 5) is 24.5. The van der Waals surface area contributed by atoms with E-state index in [0.29, 0.717) is 19.4 Å². The maximum absolute atomic E-state index is 12.5. The number of hydrogen-bond acceptors (Lipinski definition) is 5. The molecule has 0 aromatic carbocycles. The molecule has 1 amide bonds. The Hall–Kier alpha value is -2.18. The SMILES string of the molecule is CCCC/C=C\C/C=C\CCCCCCCC(=O)OCCCCCCCC/C=C\CCCCCCCCCC(=O)NC(CO)C(O)/C=C/CCCCCCCCCCCCCCCCCCCCCCC. The first-order valence-electron chi connectivity index (χ1n) is 31.4. The van der Waals surface area contributed by atoms with Crippen molar-refractivity contribution in [1.29, 1.82) is 0 Å². The lowest BCUT2D eigenvalue weighted by atomic mass is 10.0. The molecule has 0 radical (unpaired) electrons. The summed E-state index contributed by atoms with van der Waals surface area (Å²) >= 11 is 0. The van der Waals surface area contributed by atoms with Crippen LogP contribution in [0.4, 0.5) is 0 Å². The Morgan fingerprint density at radius 1 is 0.394 bits per heavy atom. The number of ether oxygens (including phenoxy) is 1. The van der Waals surface area contributed by atoms with Crippen molar-refractivity contribution in [2.75, 3.05) is 13.2 Å². The minimum Gasteiger partial charge on any atom is -0.466 e. The van der Waals surface area contributed by atoms with E-state index in [2.05, 4.69) is 55.6 Å². The second kappa shape index (κ2) is 60.4. The summed E-state index contributed by atoms with van der Waals surface area (Å²) in [6.07, 6.45) is 77.2. The Labute approximate surface area is 442 Å². The number of aliphatic hydroxyl groups excluding tert-OH is 2. The zero-order valence-electron chi connectivity index (χ0n) is 47.5. The summed E-state index contributed by atoms with van der Waals surface area (Å²) in [5.41, 5.74) is 0. The number of carbonyl (C=O) groups excluding carboxylic acids is 2. The Kier molecular flexibility index (Phi) is 58.5. The highest BCUT2D eigenvalue weighted by Gasteiger charge is 2.18. The molecule has 416 valence electrons. The van der Waals surface area contributed by atoms with Gasteiger partial charge in [-0.15, -0.1) is 0 Å². The third kappa shape index (κ3) is 57.0. The Balaban J connectivity index is 3.50. The van der Waals surface area contributed by atoms with E-state index >= 15 is 0 Å². The normalized spacial score (nSPS) is 12.9. The predicted molar refractivity (Wildman–Crippen MR) is 310 cm³/mol. The molecule has 2 unspecified atom stereocenters. The number of hydrogen-bond donors (Lipinski definition) is 3. The maximum atomic E-state index is 12.5. The molecule has 2 atom stereocenters. The smallest absolute Gasteiger partial charge is 0.305 e. The molecule has 3 N–H and O–H groups in total.